The fourth-order valence-electron chi connectivity index (χ4n) is 3.90. The Labute approximate surface area is 201 Å². The smallest absolute Gasteiger partial charge is 0.295 e. The molecule has 1 aliphatic rings. The molecule has 0 spiro atoms. The van der Waals surface area contributed by atoms with Gasteiger partial charge in [0.15, 0.2) is 0 Å². The molecular formula is C27H34N2O5. The lowest BCUT2D eigenvalue weighted by Crippen LogP contribution is -3.06. The first kappa shape index (κ1) is 25.3. The highest BCUT2D eigenvalue weighted by Crippen LogP contribution is 2.39. The number of nitrogens with zero attached hydrogens (tertiary/aromatic N) is 1. The average Bonchev–Trinajstić information content (AvgIpc) is 3.02. The zero-order chi connectivity index (χ0) is 25.0. The highest BCUT2D eigenvalue weighted by molar-refractivity contribution is 6.46. The summed E-state index contributed by atoms with van der Waals surface area (Å²) < 4.78 is 11.4. The summed E-state index contributed by atoms with van der Waals surface area (Å²) in [6.07, 6.45) is 0.0239. The maximum atomic E-state index is 13.5. The Bertz CT molecular complexity index is 1040. The van der Waals surface area contributed by atoms with Crippen LogP contribution in [0.4, 0.5) is 0 Å². The van der Waals surface area contributed by atoms with E-state index in [9.17, 15) is 14.7 Å². The van der Waals surface area contributed by atoms with Gasteiger partial charge < -0.3 is 24.4 Å². The van der Waals surface area contributed by atoms with Gasteiger partial charge in [0.25, 0.3) is 5.91 Å². The van der Waals surface area contributed by atoms with Crippen molar-refractivity contribution < 1.29 is 29.1 Å². The third-order valence-corrected chi connectivity index (χ3v) is 5.44. The van der Waals surface area contributed by atoms with Gasteiger partial charge in [-0.15, -0.1) is 0 Å². The van der Waals surface area contributed by atoms with Gasteiger partial charge in [-0.25, -0.2) is 0 Å². The molecule has 1 amide bonds. The van der Waals surface area contributed by atoms with Crippen molar-refractivity contribution in [2.75, 3.05) is 27.2 Å². The molecule has 3 rings (SSSR count). The third kappa shape index (κ3) is 5.78. The average molecular weight is 467 g/mol. The van der Waals surface area contributed by atoms with E-state index in [1.807, 2.05) is 53.9 Å². The molecule has 1 fully saturated rings. The highest BCUT2D eigenvalue weighted by atomic mass is 16.5. The zero-order valence-corrected chi connectivity index (χ0v) is 20.8. The number of nitrogens with one attached hydrogen (secondary N) is 1. The molecule has 0 aromatic heterocycles. The van der Waals surface area contributed by atoms with Gasteiger partial charge in [0.1, 0.15) is 11.5 Å². The Morgan fingerprint density at radius 1 is 0.912 bits per heavy atom. The van der Waals surface area contributed by atoms with E-state index in [0.29, 0.717) is 35.7 Å². The van der Waals surface area contributed by atoms with Crippen LogP contribution in [-0.2, 0) is 9.59 Å². The summed E-state index contributed by atoms with van der Waals surface area (Å²) in [5.41, 5.74) is 1.03. The Morgan fingerprint density at radius 3 is 1.88 bits per heavy atom. The number of hydrogen-bond donors (Lipinski definition) is 1. The number of carbonyl (C=O) groups is 2. The summed E-state index contributed by atoms with van der Waals surface area (Å²) in [7, 11) is 3.96. The minimum atomic E-state index is -0.744. The number of ketones is 1. The van der Waals surface area contributed by atoms with E-state index in [1.54, 1.807) is 36.4 Å². The van der Waals surface area contributed by atoms with Crippen LogP contribution in [0.2, 0.25) is 0 Å². The van der Waals surface area contributed by atoms with E-state index in [0.717, 1.165) is 4.90 Å². The van der Waals surface area contributed by atoms with Gasteiger partial charge in [0.2, 0.25) is 5.78 Å². The van der Waals surface area contributed by atoms with Gasteiger partial charge in [-0.3, -0.25) is 9.59 Å². The van der Waals surface area contributed by atoms with Crippen molar-refractivity contribution in [3.8, 4) is 11.5 Å². The van der Waals surface area contributed by atoms with Crippen LogP contribution < -0.4 is 19.5 Å². The van der Waals surface area contributed by atoms with Crippen LogP contribution in [0.1, 0.15) is 44.9 Å². The molecule has 0 saturated carbocycles. The maximum Gasteiger partial charge on any atom is 0.295 e. The molecule has 0 bridgehead atoms. The van der Waals surface area contributed by atoms with Gasteiger partial charge in [-0.05, 0) is 63.1 Å². The first-order chi connectivity index (χ1) is 16.1. The zero-order valence-electron chi connectivity index (χ0n) is 20.8. The van der Waals surface area contributed by atoms with E-state index in [1.165, 1.54) is 4.90 Å². The Morgan fingerprint density at radius 2 is 1.41 bits per heavy atom. The fraction of sp³-hybridized carbons (Fsp3) is 0.407. The Hall–Kier alpha value is -3.32. The second kappa shape index (κ2) is 10.7. The van der Waals surface area contributed by atoms with Crippen molar-refractivity contribution in [2.24, 2.45) is 0 Å². The Balaban J connectivity index is 2.05. The van der Waals surface area contributed by atoms with Gasteiger partial charge in [0, 0.05) is 5.57 Å². The van der Waals surface area contributed by atoms with Crippen LogP contribution in [0.25, 0.3) is 5.76 Å². The van der Waals surface area contributed by atoms with Crippen molar-refractivity contribution in [1.82, 2.24) is 4.90 Å². The van der Waals surface area contributed by atoms with Crippen LogP contribution in [0.3, 0.4) is 0 Å². The Kier molecular flexibility index (Phi) is 7.99. The topological polar surface area (TPSA) is 83.3 Å². The minimum absolute atomic E-state index is 0.00405. The quantitative estimate of drug-likeness (QED) is 0.345. The van der Waals surface area contributed by atoms with E-state index in [4.69, 9.17) is 9.47 Å². The normalized spacial score (nSPS) is 17.8. The van der Waals surface area contributed by atoms with Gasteiger partial charge in [0.05, 0.1) is 45.4 Å². The maximum absolute atomic E-state index is 13.5. The van der Waals surface area contributed by atoms with Crippen LogP contribution >= 0.6 is 0 Å². The number of likely N-dealkylation sites (N-methyl/N-ethyl adjacent to an activating group) is 1. The predicted molar refractivity (Wildman–Crippen MR) is 128 cm³/mol. The van der Waals surface area contributed by atoms with Crippen molar-refractivity contribution >= 4 is 17.4 Å². The molecule has 1 N–H and O–H groups in total. The SMILES string of the molecule is CC(C)Oc1ccc(C([O-])=C2C(=O)C(=O)N(CC[NH+](C)C)C2c2ccc(OC(C)C)cc2)cc1. The van der Waals surface area contributed by atoms with Gasteiger partial charge in [-0.1, -0.05) is 30.0 Å². The van der Waals surface area contributed by atoms with E-state index in [-0.39, 0.29) is 17.8 Å². The lowest BCUT2D eigenvalue weighted by molar-refractivity contribution is -0.857. The molecule has 1 heterocycles. The van der Waals surface area contributed by atoms with E-state index in [2.05, 4.69) is 0 Å². The monoisotopic (exact) mass is 466 g/mol. The molecule has 2 aromatic carbocycles. The molecule has 7 nitrogen and oxygen atoms in total. The largest absolute Gasteiger partial charge is 0.872 e. The number of likely N-dealkylation sites (tertiary alicyclic amines) is 1. The van der Waals surface area contributed by atoms with Gasteiger partial charge >= 0.3 is 0 Å². The number of quaternary nitrogens is 1. The van der Waals surface area contributed by atoms with E-state index >= 15 is 0 Å². The number of hydrogen-bond acceptors (Lipinski definition) is 5. The summed E-state index contributed by atoms with van der Waals surface area (Å²) in [4.78, 5) is 28.7. The predicted octanol–water partition coefficient (Wildman–Crippen LogP) is 1.63. The summed E-state index contributed by atoms with van der Waals surface area (Å²) in [6, 6.07) is 13.2. The number of rotatable bonds is 9. The summed E-state index contributed by atoms with van der Waals surface area (Å²) in [5, 5.41) is 13.5. The molecule has 182 valence electrons. The molecule has 34 heavy (non-hydrogen) atoms. The van der Waals surface area contributed by atoms with Gasteiger partial charge in [-0.2, -0.15) is 0 Å². The lowest BCUT2D eigenvalue weighted by Gasteiger charge is -2.28. The molecule has 2 aromatic rings. The number of Topliss-reactive ketones (excluding diaryl/α,β-unsaturated/α-hetero) is 1. The van der Waals surface area contributed by atoms with Crippen LogP contribution in [-0.4, -0.2) is 56.0 Å². The summed E-state index contributed by atoms with van der Waals surface area (Å²) in [5.74, 6) is -0.502. The lowest BCUT2D eigenvalue weighted by atomic mass is 9.95. The van der Waals surface area contributed by atoms with Crippen LogP contribution in [0, 0.1) is 0 Å². The van der Waals surface area contributed by atoms with Crippen molar-refractivity contribution in [3.05, 3.63) is 65.2 Å². The molecule has 0 aliphatic carbocycles. The van der Waals surface area contributed by atoms with E-state index < -0.39 is 23.5 Å². The first-order valence-electron chi connectivity index (χ1n) is 11.7. The number of benzene rings is 2. The van der Waals surface area contributed by atoms with Crippen molar-refractivity contribution in [3.63, 3.8) is 0 Å². The minimum Gasteiger partial charge on any atom is -0.872 e. The second-order valence-electron chi connectivity index (χ2n) is 9.36. The summed E-state index contributed by atoms with van der Waals surface area (Å²) >= 11 is 0. The molecule has 1 saturated heterocycles. The molecular weight excluding hydrogens is 432 g/mol. The van der Waals surface area contributed by atoms with Crippen molar-refractivity contribution in [1.29, 1.82) is 0 Å². The van der Waals surface area contributed by atoms with Crippen LogP contribution in [0.15, 0.2) is 54.1 Å². The fourth-order valence-corrected chi connectivity index (χ4v) is 3.90. The van der Waals surface area contributed by atoms with Crippen molar-refractivity contribution in [2.45, 2.75) is 45.9 Å². The molecule has 1 unspecified atom stereocenters. The standard InChI is InChI=1S/C27H34N2O5/c1-17(2)33-21-11-7-19(8-12-21)24-23(26(31)27(32)29(24)16-15-28(5)6)25(30)20-9-13-22(14-10-20)34-18(3)4/h7-14,17-18,24,30H,15-16H2,1-6H3. The highest BCUT2D eigenvalue weighted by Gasteiger charge is 2.44. The van der Waals surface area contributed by atoms with Crippen LogP contribution in [0.5, 0.6) is 11.5 Å². The second-order valence-corrected chi connectivity index (χ2v) is 9.36. The molecule has 7 heteroatoms. The number of amides is 1. The number of carbonyl (C=O) groups excluding carboxylic acids is 2. The first-order valence-corrected chi connectivity index (χ1v) is 11.7. The number of ether oxygens (including phenoxy) is 2. The molecule has 1 atom stereocenters. The molecule has 1 aliphatic heterocycles. The summed E-state index contributed by atoms with van der Waals surface area (Å²) in [6.45, 7) is 8.73. The third-order valence-electron chi connectivity index (χ3n) is 5.44. The molecule has 0 radical (unpaired) electrons.